The number of thioether (sulfide) groups is 1. The quantitative estimate of drug-likeness (QED) is 0.445. The highest BCUT2D eigenvalue weighted by Crippen LogP contribution is 2.31. The highest BCUT2D eigenvalue weighted by Gasteiger charge is 2.18. The van der Waals surface area contributed by atoms with Gasteiger partial charge in [0.25, 0.3) is 5.91 Å². The summed E-state index contributed by atoms with van der Waals surface area (Å²) < 4.78 is 15.8. The third kappa shape index (κ3) is 4.06. The molecule has 0 aliphatic rings. The van der Waals surface area contributed by atoms with Crippen LogP contribution >= 0.6 is 11.8 Å². The molecule has 0 saturated carbocycles. The number of hydrogen-bond acceptors (Lipinski definition) is 5. The fourth-order valence-corrected chi connectivity index (χ4v) is 4.04. The number of carboxylic acid groups (broad SMARTS) is 1. The third-order valence-electron chi connectivity index (χ3n) is 4.99. The SMILES string of the molecule is CSc1cn(-c2ncc(-c3ccccc3F)cn2)c2cc(C(=O)N(C)CC(=O)O)ccc12. The van der Waals surface area contributed by atoms with Crippen LogP contribution in [0.15, 0.2) is 66.0 Å². The van der Waals surface area contributed by atoms with Crippen molar-refractivity contribution < 1.29 is 19.1 Å². The Hall–Kier alpha value is -3.72. The number of benzene rings is 2. The van der Waals surface area contributed by atoms with E-state index in [0.29, 0.717) is 28.2 Å². The van der Waals surface area contributed by atoms with E-state index in [-0.39, 0.29) is 5.82 Å². The Morgan fingerprint density at radius 3 is 2.53 bits per heavy atom. The minimum atomic E-state index is -1.08. The maximum Gasteiger partial charge on any atom is 0.323 e. The molecule has 0 aliphatic carbocycles. The van der Waals surface area contributed by atoms with Gasteiger partial charge in [-0.05, 0) is 24.5 Å². The van der Waals surface area contributed by atoms with Crippen LogP contribution in [0.4, 0.5) is 4.39 Å². The van der Waals surface area contributed by atoms with Gasteiger partial charge in [-0.2, -0.15) is 0 Å². The molecule has 0 saturated heterocycles. The molecule has 32 heavy (non-hydrogen) atoms. The summed E-state index contributed by atoms with van der Waals surface area (Å²) in [6.07, 6.45) is 6.94. The first-order valence-electron chi connectivity index (χ1n) is 9.62. The average molecular weight is 450 g/mol. The van der Waals surface area contributed by atoms with E-state index in [1.54, 1.807) is 59.1 Å². The first-order chi connectivity index (χ1) is 15.4. The molecule has 0 radical (unpaired) electrons. The van der Waals surface area contributed by atoms with Crippen LogP contribution in [-0.4, -0.2) is 56.3 Å². The van der Waals surface area contributed by atoms with Crippen LogP contribution in [0.1, 0.15) is 10.4 Å². The minimum Gasteiger partial charge on any atom is -0.480 e. The van der Waals surface area contributed by atoms with Crippen LogP contribution in [0, 0.1) is 5.82 Å². The second-order valence-corrected chi connectivity index (χ2v) is 7.95. The second kappa shape index (κ2) is 8.80. The molecule has 7 nitrogen and oxygen atoms in total. The number of carbonyl (C=O) groups is 2. The molecule has 0 atom stereocenters. The average Bonchev–Trinajstić information content (AvgIpc) is 3.16. The van der Waals surface area contributed by atoms with Gasteiger partial charge >= 0.3 is 5.97 Å². The number of carboxylic acids is 1. The van der Waals surface area contributed by atoms with Gasteiger partial charge in [0, 0.05) is 52.6 Å². The van der Waals surface area contributed by atoms with Gasteiger partial charge in [0.05, 0.1) is 5.52 Å². The molecule has 0 bridgehead atoms. The first-order valence-corrected chi connectivity index (χ1v) is 10.8. The Labute approximate surface area is 187 Å². The van der Waals surface area contributed by atoms with Gasteiger partial charge in [-0.25, -0.2) is 14.4 Å². The summed E-state index contributed by atoms with van der Waals surface area (Å²) in [4.78, 5) is 34.6. The van der Waals surface area contributed by atoms with E-state index in [4.69, 9.17) is 5.11 Å². The summed E-state index contributed by atoms with van der Waals surface area (Å²) in [6.45, 7) is -0.394. The highest BCUT2D eigenvalue weighted by molar-refractivity contribution is 7.98. The smallest absolute Gasteiger partial charge is 0.323 e. The molecule has 0 fully saturated rings. The van der Waals surface area contributed by atoms with Crippen LogP contribution in [-0.2, 0) is 4.79 Å². The molecule has 2 aromatic carbocycles. The number of hydrogen-bond donors (Lipinski definition) is 1. The van der Waals surface area contributed by atoms with Gasteiger partial charge in [-0.3, -0.25) is 14.2 Å². The van der Waals surface area contributed by atoms with Crippen molar-refractivity contribution in [3.63, 3.8) is 0 Å². The molecule has 0 spiro atoms. The summed E-state index contributed by atoms with van der Waals surface area (Å²) in [7, 11) is 1.44. The summed E-state index contributed by atoms with van der Waals surface area (Å²) >= 11 is 1.55. The second-order valence-electron chi connectivity index (χ2n) is 7.11. The van der Waals surface area contributed by atoms with E-state index in [2.05, 4.69) is 9.97 Å². The lowest BCUT2D eigenvalue weighted by molar-refractivity contribution is -0.137. The maximum atomic E-state index is 14.1. The Morgan fingerprint density at radius 1 is 1.16 bits per heavy atom. The number of amides is 1. The zero-order valence-electron chi connectivity index (χ0n) is 17.3. The molecule has 2 aromatic heterocycles. The molecule has 0 aliphatic heterocycles. The number of likely N-dealkylation sites (N-methyl/N-ethyl adjacent to an activating group) is 1. The van der Waals surface area contributed by atoms with Gasteiger partial charge < -0.3 is 10.0 Å². The Bertz CT molecular complexity index is 1320. The Morgan fingerprint density at radius 2 is 1.88 bits per heavy atom. The molecule has 2 heterocycles. The lowest BCUT2D eigenvalue weighted by Crippen LogP contribution is -2.31. The van der Waals surface area contributed by atoms with Gasteiger partial charge in [-0.15, -0.1) is 11.8 Å². The van der Waals surface area contributed by atoms with Crippen molar-refractivity contribution in [2.45, 2.75) is 4.90 Å². The number of rotatable bonds is 6. The molecule has 162 valence electrons. The van der Waals surface area contributed by atoms with E-state index in [9.17, 15) is 14.0 Å². The number of carbonyl (C=O) groups excluding carboxylic acids is 1. The van der Waals surface area contributed by atoms with E-state index >= 15 is 0 Å². The maximum absolute atomic E-state index is 14.1. The van der Waals surface area contributed by atoms with E-state index in [1.165, 1.54) is 13.1 Å². The zero-order valence-corrected chi connectivity index (χ0v) is 18.1. The fraction of sp³-hybridized carbons (Fsp3) is 0.130. The highest BCUT2D eigenvalue weighted by atomic mass is 32.2. The van der Waals surface area contributed by atoms with Gasteiger partial charge in [0.1, 0.15) is 12.4 Å². The molecule has 4 aromatic rings. The topological polar surface area (TPSA) is 88.3 Å². The molecule has 1 N–H and O–H groups in total. The molecular weight excluding hydrogens is 431 g/mol. The predicted octanol–water partition coefficient (Wildman–Crippen LogP) is 4.11. The summed E-state index contributed by atoms with van der Waals surface area (Å²) in [5, 5.41) is 9.87. The molecule has 1 amide bonds. The predicted molar refractivity (Wildman–Crippen MR) is 121 cm³/mol. The minimum absolute atomic E-state index is 0.353. The monoisotopic (exact) mass is 450 g/mol. The third-order valence-corrected chi connectivity index (χ3v) is 5.76. The van der Waals surface area contributed by atoms with E-state index in [1.807, 2.05) is 18.5 Å². The van der Waals surface area contributed by atoms with Crippen molar-refractivity contribution in [1.29, 1.82) is 0 Å². The molecular formula is C23H19FN4O3S. The van der Waals surface area contributed by atoms with Crippen LogP contribution < -0.4 is 0 Å². The van der Waals surface area contributed by atoms with Crippen molar-refractivity contribution in [3.8, 4) is 17.1 Å². The summed E-state index contributed by atoms with van der Waals surface area (Å²) in [6, 6.07) is 11.6. The molecule has 4 rings (SSSR count). The van der Waals surface area contributed by atoms with Crippen LogP contribution in [0.3, 0.4) is 0 Å². The number of nitrogens with zero attached hydrogens (tertiary/aromatic N) is 4. The first kappa shape index (κ1) is 21.5. The van der Waals surface area contributed by atoms with Gasteiger partial charge in [-0.1, -0.05) is 24.3 Å². The van der Waals surface area contributed by atoms with E-state index < -0.39 is 18.4 Å². The molecule has 9 heteroatoms. The van der Waals surface area contributed by atoms with Crippen molar-refractivity contribution in [2.75, 3.05) is 19.8 Å². The summed E-state index contributed by atoms with van der Waals surface area (Å²) in [5.74, 6) is -1.46. The number of fused-ring (bicyclic) bond motifs is 1. The Kier molecular flexibility index (Phi) is 5.91. The van der Waals surface area contributed by atoms with Gasteiger partial charge in [0.15, 0.2) is 0 Å². The summed E-state index contributed by atoms with van der Waals surface area (Å²) in [5.41, 5.74) is 2.04. The zero-order chi connectivity index (χ0) is 22.8. The van der Waals surface area contributed by atoms with Gasteiger partial charge in [0.2, 0.25) is 5.95 Å². The van der Waals surface area contributed by atoms with Crippen LogP contribution in [0.25, 0.3) is 28.0 Å². The Balaban J connectivity index is 1.76. The van der Waals surface area contributed by atoms with Crippen molar-refractivity contribution >= 4 is 34.5 Å². The van der Waals surface area contributed by atoms with Crippen LogP contribution in [0.2, 0.25) is 0 Å². The lowest BCUT2D eigenvalue weighted by atomic mass is 10.1. The number of aromatic nitrogens is 3. The lowest BCUT2D eigenvalue weighted by Gasteiger charge is -2.14. The van der Waals surface area contributed by atoms with Crippen molar-refractivity contribution in [3.05, 3.63) is 72.4 Å². The van der Waals surface area contributed by atoms with Crippen molar-refractivity contribution in [2.24, 2.45) is 0 Å². The number of aliphatic carboxylic acids is 1. The standard InChI is InChI=1S/C23H19FN4O3S/c1-27(13-21(29)30)22(31)14-7-8-17-19(9-14)28(12-20(17)32-2)23-25-10-15(11-26-23)16-5-3-4-6-18(16)24/h3-12H,13H2,1-2H3,(H,29,30). The van der Waals surface area contributed by atoms with Crippen LogP contribution in [0.5, 0.6) is 0 Å². The molecule has 0 unspecified atom stereocenters. The normalized spacial score (nSPS) is 11.0. The van der Waals surface area contributed by atoms with Crippen molar-refractivity contribution in [1.82, 2.24) is 19.4 Å². The number of halogens is 1. The largest absolute Gasteiger partial charge is 0.480 e. The fourth-order valence-electron chi connectivity index (χ4n) is 3.43. The van der Waals surface area contributed by atoms with E-state index in [0.717, 1.165) is 15.2 Å².